The normalized spacial score (nSPS) is 12.6. The smallest absolute Gasteiger partial charge is 0.152 e. The fourth-order valence-corrected chi connectivity index (χ4v) is 2.17. The molecule has 0 saturated heterocycles. The van der Waals surface area contributed by atoms with Gasteiger partial charge in [0.05, 0.1) is 0 Å². The van der Waals surface area contributed by atoms with Gasteiger partial charge in [0.25, 0.3) is 0 Å². The molecule has 0 aliphatic carbocycles. The van der Waals surface area contributed by atoms with E-state index in [1.54, 1.807) is 0 Å². The van der Waals surface area contributed by atoms with Crippen LogP contribution in [0.1, 0.15) is 17.9 Å². The maximum Gasteiger partial charge on any atom is 0.152 e. The van der Waals surface area contributed by atoms with Gasteiger partial charge in [0, 0.05) is 8.47 Å². The predicted molar refractivity (Wildman–Crippen MR) is 65.7 cm³/mol. The summed E-state index contributed by atoms with van der Waals surface area (Å²) in [5.41, 5.74) is 0.835. The summed E-state index contributed by atoms with van der Waals surface area (Å²) in [7, 11) is 0. The number of alkyl halides is 1. The molecule has 70 valence electrons. The first-order valence-corrected chi connectivity index (χ1v) is 5.61. The Kier molecular flexibility index (Phi) is 4.06. The first-order chi connectivity index (χ1) is 6.02. The summed E-state index contributed by atoms with van der Waals surface area (Å²) < 4.78 is 0.991. The van der Waals surface area contributed by atoms with Crippen LogP contribution in [0, 0.1) is 3.57 Å². The van der Waals surface area contributed by atoms with E-state index in [0.717, 1.165) is 14.0 Å². The van der Waals surface area contributed by atoms with Crippen molar-refractivity contribution in [1.29, 1.82) is 0 Å². The van der Waals surface area contributed by atoms with E-state index < -0.39 is 5.38 Å². The minimum absolute atomic E-state index is 0.0430. The largest absolute Gasteiger partial charge is 0.298 e. The molecule has 0 heterocycles. The van der Waals surface area contributed by atoms with E-state index in [-0.39, 0.29) is 5.78 Å². The highest BCUT2D eigenvalue weighted by Gasteiger charge is 2.15. The van der Waals surface area contributed by atoms with E-state index in [1.807, 2.05) is 18.2 Å². The van der Waals surface area contributed by atoms with E-state index in [0.29, 0.717) is 0 Å². The average Bonchev–Trinajstić information content (AvgIpc) is 2.08. The zero-order chi connectivity index (χ0) is 10.0. The number of thiol groups is 1. The Hall–Kier alpha value is 0.260. The fourth-order valence-electron chi connectivity index (χ4n) is 0.944. The minimum Gasteiger partial charge on any atom is -0.298 e. The maximum absolute atomic E-state index is 11.0. The van der Waals surface area contributed by atoms with Crippen LogP contribution in [-0.2, 0) is 4.79 Å². The van der Waals surface area contributed by atoms with Crippen LogP contribution in [0.2, 0.25) is 0 Å². The van der Waals surface area contributed by atoms with Crippen molar-refractivity contribution >= 4 is 52.6 Å². The van der Waals surface area contributed by atoms with Gasteiger partial charge in [-0.25, -0.2) is 0 Å². The topological polar surface area (TPSA) is 17.1 Å². The lowest BCUT2D eigenvalue weighted by Crippen LogP contribution is -2.03. The number of carbonyl (C=O) groups is 1. The molecule has 0 aliphatic heterocycles. The summed E-state index contributed by atoms with van der Waals surface area (Å²) in [5.74, 6) is -0.0430. The molecule has 0 aliphatic rings. The summed E-state index contributed by atoms with van der Waals surface area (Å²) in [6.45, 7) is 1.49. The fraction of sp³-hybridized carbons (Fsp3) is 0.222. The van der Waals surface area contributed by atoms with Crippen LogP contribution in [0.4, 0.5) is 0 Å². The predicted octanol–water partition coefficient (Wildman–Crippen LogP) is 3.45. The Morgan fingerprint density at radius 2 is 2.23 bits per heavy atom. The molecule has 0 N–H and O–H groups in total. The van der Waals surface area contributed by atoms with E-state index in [2.05, 4.69) is 35.2 Å². The molecule has 0 amide bonds. The van der Waals surface area contributed by atoms with Crippen LogP contribution in [0.25, 0.3) is 0 Å². The van der Waals surface area contributed by atoms with Crippen molar-refractivity contribution in [2.75, 3.05) is 0 Å². The highest BCUT2D eigenvalue weighted by molar-refractivity contribution is 14.1. The first-order valence-electron chi connectivity index (χ1n) is 3.65. The number of ketones is 1. The van der Waals surface area contributed by atoms with Gasteiger partial charge in [-0.15, -0.1) is 24.2 Å². The Morgan fingerprint density at radius 3 is 2.77 bits per heavy atom. The van der Waals surface area contributed by atoms with Crippen molar-refractivity contribution in [3.05, 3.63) is 27.3 Å². The highest BCUT2D eigenvalue weighted by atomic mass is 127. The van der Waals surface area contributed by atoms with Gasteiger partial charge in [0.2, 0.25) is 0 Å². The highest BCUT2D eigenvalue weighted by Crippen LogP contribution is 2.28. The Labute approximate surface area is 101 Å². The van der Waals surface area contributed by atoms with Crippen molar-refractivity contribution in [1.82, 2.24) is 0 Å². The molecule has 13 heavy (non-hydrogen) atoms. The molecule has 0 bridgehead atoms. The van der Waals surface area contributed by atoms with Gasteiger partial charge in [0.1, 0.15) is 5.38 Å². The Balaban J connectivity index is 3.12. The number of hydrogen-bond acceptors (Lipinski definition) is 2. The second-order valence-corrected chi connectivity index (χ2v) is 4.79. The van der Waals surface area contributed by atoms with Crippen molar-refractivity contribution in [3.8, 4) is 0 Å². The number of halogens is 2. The second kappa shape index (κ2) is 4.66. The summed E-state index contributed by atoms with van der Waals surface area (Å²) in [4.78, 5) is 11.9. The second-order valence-electron chi connectivity index (χ2n) is 2.68. The van der Waals surface area contributed by atoms with Gasteiger partial charge in [-0.1, -0.05) is 0 Å². The average molecular weight is 327 g/mol. The van der Waals surface area contributed by atoms with Crippen LogP contribution in [0.5, 0.6) is 0 Å². The number of carbonyl (C=O) groups excluding carboxylic acids is 1. The summed E-state index contributed by atoms with van der Waals surface area (Å²) in [5, 5.41) is -0.556. The third kappa shape index (κ3) is 2.86. The van der Waals surface area contributed by atoms with E-state index in [9.17, 15) is 4.79 Å². The molecule has 0 aromatic heterocycles. The molecule has 1 nitrogen and oxygen atoms in total. The molecule has 1 rings (SSSR count). The number of hydrogen-bond donors (Lipinski definition) is 1. The number of benzene rings is 1. The molecule has 1 aromatic rings. The summed E-state index contributed by atoms with van der Waals surface area (Å²) in [6, 6.07) is 5.60. The van der Waals surface area contributed by atoms with Crippen LogP contribution >= 0.6 is 46.8 Å². The Morgan fingerprint density at radius 1 is 1.62 bits per heavy atom. The van der Waals surface area contributed by atoms with E-state index >= 15 is 0 Å². The van der Waals surface area contributed by atoms with Crippen molar-refractivity contribution in [2.24, 2.45) is 0 Å². The molecular formula is C9H8ClIOS. The number of Topliss-reactive ketones (excluding diaryl/α,β-unsaturated/α-hetero) is 1. The standard InChI is InChI=1S/C9H8ClIOS/c1-5(12)9(10)7-4-6(13)2-3-8(7)11/h2-4,9,13H,1H3. The van der Waals surface area contributed by atoms with Gasteiger partial charge in [-0.2, -0.15) is 0 Å². The maximum atomic E-state index is 11.0. The molecular weight excluding hydrogens is 319 g/mol. The zero-order valence-corrected chi connectivity index (χ0v) is 10.7. The van der Waals surface area contributed by atoms with Gasteiger partial charge < -0.3 is 0 Å². The lowest BCUT2D eigenvalue weighted by Gasteiger charge is -2.08. The monoisotopic (exact) mass is 326 g/mol. The summed E-state index contributed by atoms with van der Waals surface area (Å²) in [6.07, 6.45) is 0. The van der Waals surface area contributed by atoms with Crippen molar-refractivity contribution in [3.63, 3.8) is 0 Å². The van der Waals surface area contributed by atoms with Gasteiger partial charge >= 0.3 is 0 Å². The molecule has 1 aromatic carbocycles. The van der Waals surface area contributed by atoms with Crippen LogP contribution < -0.4 is 0 Å². The molecule has 1 unspecified atom stereocenters. The van der Waals surface area contributed by atoms with Gasteiger partial charge in [0.15, 0.2) is 5.78 Å². The number of rotatable bonds is 2. The third-order valence-electron chi connectivity index (χ3n) is 1.61. The zero-order valence-electron chi connectivity index (χ0n) is 6.92. The Bertz CT molecular complexity index is 340. The molecule has 0 spiro atoms. The van der Waals surface area contributed by atoms with E-state index in [1.165, 1.54) is 6.92 Å². The van der Waals surface area contributed by atoms with Gasteiger partial charge in [-0.3, -0.25) is 4.79 Å². The molecule has 4 heteroatoms. The van der Waals surface area contributed by atoms with Crippen molar-refractivity contribution < 1.29 is 4.79 Å². The van der Waals surface area contributed by atoms with Crippen molar-refractivity contribution in [2.45, 2.75) is 17.2 Å². The molecule has 0 fully saturated rings. The van der Waals surface area contributed by atoms with Gasteiger partial charge in [-0.05, 0) is 53.3 Å². The van der Waals surface area contributed by atoms with Crippen LogP contribution in [0.15, 0.2) is 23.1 Å². The first kappa shape index (κ1) is 11.3. The summed E-state index contributed by atoms with van der Waals surface area (Å²) >= 11 is 12.3. The SMILES string of the molecule is CC(=O)C(Cl)c1cc(S)ccc1I. The molecule has 1 atom stereocenters. The lowest BCUT2D eigenvalue weighted by molar-refractivity contribution is -0.116. The molecule has 0 saturated carbocycles. The third-order valence-corrected chi connectivity index (χ3v) is 3.41. The molecule has 0 radical (unpaired) electrons. The van der Waals surface area contributed by atoms with E-state index in [4.69, 9.17) is 11.6 Å². The van der Waals surface area contributed by atoms with Crippen LogP contribution in [0.3, 0.4) is 0 Å². The van der Waals surface area contributed by atoms with Crippen LogP contribution in [-0.4, -0.2) is 5.78 Å². The minimum atomic E-state index is -0.556. The lowest BCUT2D eigenvalue weighted by atomic mass is 10.1. The quantitative estimate of drug-likeness (QED) is 0.500.